The normalized spacial score (nSPS) is 11.9. The number of aliphatic hydroxyl groups excluding tert-OH is 1. The third-order valence-electron chi connectivity index (χ3n) is 2.26. The number of Topliss-reactive ketones (excluding diaryl/α,β-unsaturated/α-hetero) is 1. The van der Waals surface area contributed by atoms with Gasteiger partial charge in [0.1, 0.15) is 0 Å². The number of benzene rings is 1. The van der Waals surface area contributed by atoms with Crippen LogP contribution >= 0.6 is 0 Å². The minimum Gasteiger partial charge on any atom is -0.501 e. The van der Waals surface area contributed by atoms with E-state index in [0.717, 1.165) is 6.21 Å². The minimum absolute atomic E-state index is 0.105. The number of hydrogen-bond acceptors (Lipinski definition) is 6. The number of allylic oxidation sites excluding steroid dienone is 1. The van der Waals surface area contributed by atoms with Crippen LogP contribution in [0.15, 0.2) is 46.8 Å². The third kappa shape index (κ3) is 4.56. The van der Waals surface area contributed by atoms with Crippen molar-refractivity contribution in [2.24, 2.45) is 5.10 Å². The molecule has 0 aromatic heterocycles. The summed E-state index contributed by atoms with van der Waals surface area (Å²) in [6, 6.07) is 9.03. The van der Waals surface area contributed by atoms with Gasteiger partial charge in [-0.3, -0.25) is 10.2 Å². The first-order valence-electron chi connectivity index (χ1n) is 6.01. The van der Waals surface area contributed by atoms with Crippen LogP contribution in [0, 0.1) is 0 Å². The molecule has 1 aromatic carbocycles. The van der Waals surface area contributed by atoms with Gasteiger partial charge in [0, 0.05) is 0 Å². The molecule has 106 valence electrons. The summed E-state index contributed by atoms with van der Waals surface area (Å²) < 4.78 is 4.62. The fourth-order valence-corrected chi connectivity index (χ4v) is 1.31. The number of ketones is 1. The van der Waals surface area contributed by atoms with Gasteiger partial charge in [0.2, 0.25) is 5.76 Å². The molecule has 0 saturated carbocycles. The highest BCUT2D eigenvalue weighted by Gasteiger charge is 2.17. The molecular formula is C14H16N2O4. The van der Waals surface area contributed by atoms with Crippen molar-refractivity contribution in [3.05, 3.63) is 41.7 Å². The highest BCUT2D eigenvalue weighted by molar-refractivity contribution is 6.16. The van der Waals surface area contributed by atoms with Crippen molar-refractivity contribution < 1.29 is 19.4 Å². The van der Waals surface area contributed by atoms with Crippen molar-refractivity contribution in [2.45, 2.75) is 13.8 Å². The molecule has 0 aliphatic rings. The summed E-state index contributed by atoms with van der Waals surface area (Å²) in [7, 11) is 0. The number of hydrazone groups is 1. The van der Waals surface area contributed by atoms with E-state index < -0.39 is 17.5 Å². The maximum Gasteiger partial charge on any atom is 0.374 e. The first-order chi connectivity index (χ1) is 9.56. The number of nitrogens with zero attached hydrogens (tertiary/aromatic N) is 1. The molecule has 0 aliphatic heterocycles. The second kappa shape index (κ2) is 7.73. The predicted octanol–water partition coefficient (Wildman–Crippen LogP) is 2.05. The van der Waals surface area contributed by atoms with Crippen molar-refractivity contribution in [2.75, 3.05) is 12.0 Å². The molecule has 6 nitrogen and oxygen atoms in total. The summed E-state index contributed by atoms with van der Waals surface area (Å²) in [6.45, 7) is 2.93. The van der Waals surface area contributed by atoms with Crippen LogP contribution < -0.4 is 5.43 Å². The Morgan fingerprint density at radius 1 is 1.35 bits per heavy atom. The van der Waals surface area contributed by atoms with E-state index in [9.17, 15) is 14.7 Å². The Morgan fingerprint density at radius 3 is 2.55 bits per heavy atom. The van der Waals surface area contributed by atoms with Crippen molar-refractivity contribution in [3.63, 3.8) is 0 Å². The van der Waals surface area contributed by atoms with E-state index in [-0.39, 0.29) is 12.2 Å². The molecule has 0 heterocycles. The van der Waals surface area contributed by atoms with E-state index in [1.165, 1.54) is 6.92 Å². The van der Waals surface area contributed by atoms with E-state index in [1.54, 1.807) is 19.1 Å². The Bertz CT molecular complexity index is 535. The molecule has 0 atom stereocenters. The number of para-hydroxylation sites is 1. The van der Waals surface area contributed by atoms with Gasteiger partial charge in [-0.1, -0.05) is 18.2 Å². The van der Waals surface area contributed by atoms with Gasteiger partial charge in [0.05, 0.1) is 24.1 Å². The quantitative estimate of drug-likeness (QED) is 0.273. The molecule has 0 fully saturated rings. The van der Waals surface area contributed by atoms with Crippen molar-refractivity contribution in [3.8, 4) is 0 Å². The number of esters is 1. The molecule has 0 bridgehead atoms. The second-order valence-corrected chi connectivity index (χ2v) is 3.77. The highest BCUT2D eigenvalue weighted by atomic mass is 16.5. The number of carbonyl (C=O) groups is 2. The molecule has 0 aliphatic carbocycles. The standard InChI is InChI=1S/C14H16N2O4/c1-3-20-14(19)13(18)12(10(2)17)9-15-16-11-7-5-4-6-8-11/h4-9,16,18H,3H2,1-2H3/b13-12+,15-9+. The molecule has 0 radical (unpaired) electrons. The summed E-state index contributed by atoms with van der Waals surface area (Å²) in [6.07, 6.45) is 1.08. The van der Waals surface area contributed by atoms with Crippen LogP contribution in [0.2, 0.25) is 0 Å². The number of anilines is 1. The first-order valence-corrected chi connectivity index (χ1v) is 6.01. The lowest BCUT2D eigenvalue weighted by Gasteiger charge is -2.04. The SMILES string of the molecule is CCOC(=O)/C(O)=C(/C=N/Nc1ccccc1)C(C)=O. The average molecular weight is 276 g/mol. The third-order valence-corrected chi connectivity index (χ3v) is 2.26. The molecule has 6 heteroatoms. The topological polar surface area (TPSA) is 88.0 Å². The van der Waals surface area contributed by atoms with Crippen LogP contribution in [-0.4, -0.2) is 29.7 Å². The largest absolute Gasteiger partial charge is 0.501 e. The Morgan fingerprint density at radius 2 is 2.00 bits per heavy atom. The van der Waals surface area contributed by atoms with E-state index in [2.05, 4.69) is 15.3 Å². The van der Waals surface area contributed by atoms with Crippen LogP contribution in [0.4, 0.5) is 5.69 Å². The number of carbonyl (C=O) groups excluding carboxylic acids is 2. The minimum atomic E-state index is -0.955. The zero-order valence-electron chi connectivity index (χ0n) is 11.3. The lowest BCUT2D eigenvalue weighted by molar-refractivity contribution is -0.141. The van der Waals surface area contributed by atoms with Crippen LogP contribution in [0.3, 0.4) is 0 Å². The molecule has 20 heavy (non-hydrogen) atoms. The zero-order chi connectivity index (χ0) is 15.0. The monoisotopic (exact) mass is 276 g/mol. The van der Waals surface area contributed by atoms with Gasteiger partial charge in [0.25, 0.3) is 0 Å². The van der Waals surface area contributed by atoms with Gasteiger partial charge < -0.3 is 9.84 Å². The van der Waals surface area contributed by atoms with Gasteiger partial charge in [-0.05, 0) is 26.0 Å². The Labute approximate surface area is 116 Å². The van der Waals surface area contributed by atoms with Gasteiger partial charge >= 0.3 is 5.97 Å². The van der Waals surface area contributed by atoms with Gasteiger partial charge in [-0.2, -0.15) is 5.10 Å². The smallest absolute Gasteiger partial charge is 0.374 e. The van der Waals surface area contributed by atoms with E-state index in [4.69, 9.17) is 0 Å². The summed E-state index contributed by atoms with van der Waals surface area (Å²) >= 11 is 0. The van der Waals surface area contributed by atoms with Crippen LogP contribution in [0.25, 0.3) is 0 Å². The molecule has 0 amide bonds. The summed E-state index contributed by atoms with van der Waals surface area (Å²) in [5.74, 6) is -2.20. The molecule has 0 saturated heterocycles. The molecule has 1 aromatic rings. The Balaban J connectivity index is 2.85. The molecule has 0 spiro atoms. The first kappa shape index (κ1) is 15.4. The van der Waals surface area contributed by atoms with Crippen LogP contribution in [0.1, 0.15) is 13.8 Å². The Kier molecular flexibility index (Phi) is 5.96. The number of nitrogens with one attached hydrogen (secondary N) is 1. The molecule has 1 rings (SSSR count). The highest BCUT2D eigenvalue weighted by Crippen LogP contribution is 2.06. The van der Waals surface area contributed by atoms with E-state index in [1.807, 2.05) is 18.2 Å². The van der Waals surface area contributed by atoms with Crippen LogP contribution in [-0.2, 0) is 14.3 Å². The van der Waals surface area contributed by atoms with Gasteiger partial charge in [-0.25, -0.2) is 4.79 Å². The number of ether oxygens (including phenoxy) is 1. The summed E-state index contributed by atoms with van der Waals surface area (Å²) in [4.78, 5) is 22.7. The van der Waals surface area contributed by atoms with Crippen LogP contribution in [0.5, 0.6) is 0 Å². The van der Waals surface area contributed by atoms with Crippen molar-refractivity contribution in [1.82, 2.24) is 0 Å². The fourth-order valence-electron chi connectivity index (χ4n) is 1.31. The zero-order valence-corrected chi connectivity index (χ0v) is 11.3. The lowest BCUT2D eigenvalue weighted by Crippen LogP contribution is -2.14. The predicted molar refractivity (Wildman–Crippen MR) is 75.5 cm³/mol. The van der Waals surface area contributed by atoms with Crippen molar-refractivity contribution in [1.29, 1.82) is 0 Å². The average Bonchev–Trinajstić information content (AvgIpc) is 2.44. The number of rotatable bonds is 6. The van der Waals surface area contributed by atoms with Crippen molar-refractivity contribution >= 4 is 23.7 Å². The summed E-state index contributed by atoms with van der Waals surface area (Å²) in [5.41, 5.74) is 3.17. The van der Waals surface area contributed by atoms with Gasteiger partial charge in [-0.15, -0.1) is 0 Å². The van der Waals surface area contributed by atoms with Gasteiger partial charge in [0.15, 0.2) is 5.78 Å². The van der Waals surface area contributed by atoms with E-state index >= 15 is 0 Å². The second-order valence-electron chi connectivity index (χ2n) is 3.77. The van der Waals surface area contributed by atoms with E-state index in [0.29, 0.717) is 5.69 Å². The number of hydrogen-bond donors (Lipinski definition) is 2. The molecular weight excluding hydrogens is 260 g/mol. The lowest BCUT2D eigenvalue weighted by atomic mass is 10.2. The maximum absolute atomic E-state index is 11.4. The number of aliphatic hydroxyl groups is 1. The fraction of sp³-hybridized carbons (Fsp3) is 0.214. The summed E-state index contributed by atoms with van der Waals surface area (Å²) in [5, 5.41) is 13.4. The maximum atomic E-state index is 11.4. The molecule has 0 unspecified atom stereocenters. The molecule has 2 N–H and O–H groups in total. The Hall–Kier alpha value is -2.63.